The maximum atomic E-state index is 12.8. The summed E-state index contributed by atoms with van der Waals surface area (Å²) >= 11 is 0. The largest absolute Gasteiger partial charge is 0.454 e. The van der Waals surface area contributed by atoms with Crippen LogP contribution in [0.4, 0.5) is 16.2 Å². The number of anilines is 2. The molecule has 9 nitrogen and oxygen atoms in total. The number of nitrogens with one attached hydrogen (secondary N) is 1. The van der Waals surface area contributed by atoms with E-state index >= 15 is 0 Å². The highest BCUT2D eigenvalue weighted by molar-refractivity contribution is 5.99. The summed E-state index contributed by atoms with van der Waals surface area (Å²) in [5.41, 5.74) is 2.28. The molecule has 2 aliphatic heterocycles. The predicted molar refractivity (Wildman–Crippen MR) is 109 cm³/mol. The maximum absolute atomic E-state index is 12.8. The summed E-state index contributed by atoms with van der Waals surface area (Å²) in [7, 11) is 0. The number of hydrogen-bond donors (Lipinski definition) is 1. The van der Waals surface area contributed by atoms with Crippen LogP contribution in [-0.4, -0.2) is 53.0 Å². The van der Waals surface area contributed by atoms with Gasteiger partial charge in [0.15, 0.2) is 11.5 Å². The first kappa shape index (κ1) is 18.0. The van der Waals surface area contributed by atoms with Crippen LogP contribution in [0.2, 0.25) is 0 Å². The Morgan fingerprint density at radius 1 is 1.03 bits per heavy atom. The number of nitrogens with zero attached hydrogens (tertiary/aromatic N) is 4. The molecular formula is C21H19N5O4. The van der Waals surface area contributed by atoms with Crippen LogP contribution in [0.3, 0.4) is 0 Å². The monoisotopic (exact) mass is 405 g/mol. The van der Waals surface area contributed by atoms with E-state index in [1.807, 2.05) is 30.5 Å². The molecule has 30 heavy (non-hydrogen) atoms. The number of ether oxygens (including phenoxy) is 2. The van der Waals surface area contributed by atoms with Crippen molar-refractivity contribution in [2.24, 2.45) is 0 Å². The Bertz CT molecular complexity index is 1080. The average Bonchev–Trinajstić information content (AvgIpc) is 3.50. The molecule has 0 bridgehead atoms. The van der Waals surface area contributed by atoms with Gasteiger partial charge in [-0.2, -0.15) is 5.10 Å². The molecule has 1 fully saturated rings. The SMILES string of the molecule is O=C(CN1CCN(c2ccc3c(c2)OCO3)C1=O)Nc1ccc(-n2cccn2)cc1. The van der Waals surface area contributed by atoms with E-state index in [1.165, 1.54) is 4.90 Å². The lowest BCUT2D eigenvalue weighted by Gasteiger charge is -2.18. The highest BCUT2D eigenvalue weighted by Crippen LogP contribution is 2.36. The third-order valence-electron chi connectivity index (χ3n) is 5.02. The number of hydrogen-bond acceptors (Lipinski definition) is 5. The predicted octanol–water partition coefficient (Wildman–Crippen LogP) is 2.48. The van der Waals surface area contributed by atoms with Gasteiger partial charge in [0.05, 0.1) is 5.69 Å². The van der Waals surface area contributed by atoms with E-state index in [1.54, 1.807) is 40.0 Å². The van der Waals surface area contributed by atoms with Gasteiger partial charge in [0.25, 0.3) is 0 Å². The fourth-order valence-corrected chi connectivity index (χ4v) is 3.51. The Kier molecular flexibility index (Phi) is 4.47. The highest BCUT2D eigenvalue weighted by Gasteiger charge is 2.31. The quantitative estimate of drug-likeness (QED) is 0.705. The third-order valence-corrected chi connectivity index (χ3v) is 5.02. The molecular weight excluding hydrogens is 386 g/mol. The van der Waals surface area contributed by atoms with Crippen molar-refractivity contribution in [1.82, 2.24) is 14.7 Å². The van der Waals surface area contributed by atoms with E-state index in [9.17, 15) is 9.59 Å². The van der Waals surface area contributed by atoms with E-state index in [2.05, 4.69) is 10.4 Å². The van der Waals surface area contributed by atoms with E-state index in [4.69, 9.17) is 9.47 Å². The highest BCUT2D eigenvalue weighted by atomic mass is 16.7. The first-order valence-electron chi connectivity index (χ1n) is 9.53. The Hall–Kier alpha value is -4.01. The van der Waals surface area contributed by atoms with Gasteiger partial charge in [-0.25, -0.2) is 9.48 Å². The van der Waals surface area contributed by atoms with Crippen LogP contribution >= 0.6 is 0 Å². The topological polar surface area (TPSA) is 88.9 Å². The fourth-order valence-electron chi connectivity index (χ4n) is 3.51. The molecule has 9 heteroatoms. The van der Waals surface area contributed by atoms with Crippen LogP contribution < -0.4 is 19.7 Å². The normalized spacial score (nSPS) is 15.0. The van der Waals surface area contributed by atoms with Crippen molar-refractivity contribution in [1.29, 1.82) is 0 Å². The third kappa shape index (κ3) is 3.41. The van der Waals surface area contributed by atoms with Crippen LogP contribution in [0.15, 0.2) is 60.9 Å². The molecule has 152 valence electrons. The number of rotatable bonds is 5. The van der Waals surface area contributed by atoms with Crippen molar-refractivity contribution in [3.05, 3.63) is 60.9 Å². The molecule has 0 atom stereocenters. The molecule has 0 radical (unpaired) electrons. The minimum atomic E-state index is -0.247. The molecule has 1 saturated heterocycles. The second kappa shape index (κ2) is 7.43. The summed E-state index contributed by atoms with van der Waals surface area (Å²) in [6.45, 7) is 1.14. The summed E-state index contributed by atoms with van der Waals surface area (Å²) in [6.07, 6.45) is 3.55. The average molecular weight is 405 g/mol. The zero-order chi connectivity index (χ0) is 20.5. The Morgan fingerprint density at radius 3 is 2.63 bits per heavy atom. The molecule has 2 aromatic carbocycles. The molecule has 1 aromatic heterocycles. The summed E-state index contributed by atoms with van der Waals surface area (Å²) in [4.78, 5) is 28.4. The number of carbonyl (C=O) groups excluding carboxylic acids is 2. The molecule has 3 amide bonds. The Labute approximate surface area is 172 Å². The van der Waals surface area contributed by atoms with Crippen molar-refractivity contribution < 1.29 is 19.1 Å². The van der Waals surface area contributed by atoms with Crippen molar-refractivity contribution >= 4 is 23.3 Å². The second-order valence-electron chi connectivity index (χ2n) is 6.94. The molecule has 3 heterocycles. The molecule has 0 spiro atoms. The van der Waals surface area contributed by atoms with Crippen LogP contribution in [0.1, 0.15) is 0 Å². The zero-order valence-electron chi connectivity index (χ0n) is 16.0. The van der Waals surface area contributed by atoms with Gasteiger partial charge in [-0.3, -0.25) is 9.69 Å². The lowest BCUT2D eigenvalue weighted by molar-refractivity contribution is -0.116. The zero-order valence-corrected chi connectivity index (χ0v) is 16.0. The van der Waals surface area contributed by atoms with E-state index in [-0.39, 0.29) is 25.3 Å². The molecule has 0 aliphatic carbocycles. The number of fused-ring (bicyclic) bond motifs is 1. The van der Waals surface area contributed by atoms with Gasteiger partial charge < -0.3 is 19.7 Å². The van der Waals surface area contributed by atoms with Gasteiger partial charge in [0.2, 0.25) is 12.7 Å². The van der Waals surface area contributed by atoms with Crippen LogP contribution in [0.5, 0.6) is 11.5 Å². The number of carbonyl (C=O) groups is 2. The summed E-state index contributed by atoms with van der Waals surface area (Å²) < 4.78 is 12.4. The smallest absolute Gasteiger partial charge is 0.325 e. The number of urea groups is 1. The van der Waals surface area contributed by atoms with Gasteiger partial charge in [0.1, 0.15) is 6.54 Å². The van der Waals surface area contributed by atoms with E-state index in [0.29, 0.717) is 30.3 Å². The van der Waals surface area contributed by atoms with Gasteiger partial charge in [0, 0.05) is 42.9 Å². The van der Waals surface area contributed by atoms with E-state index < -0.39 is 0 Å². The van der Waals surface area contributed by atoms with Gasteiger partial charge >= 0.3 is 6.03 Å². The second-order valence-corrected chi connectivity index (χ2v) is 6.94. The first-order chi connectivity index (χ1) is 14.7. The Morgan fingerprint density at radius 2 is 1.83 bits per heavy atom. The summed E-state index contributed by atoms with van der Waals surface area (Å²) in [5.74, 6) is 1.04. The van der Waals surface area contributed by atoms with Crippen molar-refractivity contribution in [2.75, 3.05) is 36.6 Å². The fraction of sp³-hybridized carbons (Fsp3) is 0.190. The lowest BCUT2D eigenvalue weighted by atomic mass is 10.2. The lowest BCUT2D eigenvalue weighted by Crippen LogP contribution is -2.37. The standard InChI is InChI=1S/C21H19N5O4/c27-20(23-15-2-4-16(5-3-15)26-9-1-8-22-26)13-24-10-11-25(21(24)28)17-6-7-18-19(12-17)30-14-29-18/h1-9,12H,10-11,13-14H2,(H,23,27). The summed E-state index contributed by atoms with van der Waals surface area (Å²) in [6, 6.07) is 14.4. The van der Waals surface area contributed by atoms with Gasteiger partial charge in [-0.1, -0.05) is 0 Å². The maximum Gasteiger partial charge on any atom is 0.325 e. The van der Waals surface area contributed by atoms with Crippen molar-refractivity contribution in [2.45, 2.75) is 0 Å². The van der Waals surface area contributed by atoms with Gasteiger partial charge in [-0.05, 0) is 42.5 Å². The number of amides is 3. The van der Waals surface area contributed by atoms with Crippen molar-refractivity contribution in [3.63, 3.8) is 0 Å². The molecule has 0 saturated carbocycles. The van der Waals surface area contributed by atoms with Crippen LogP contribution in [-0.2, 0) is 4.79 Å². The summed E-state index contributed by atoms with van der Waals surface area (Å²) in [5, 5.41) is 7.00. The minimum Gasteiger partial charge on any atom is -0.454 e. The molecule has 0 unspecified atom stereocenters. The molecule has 1 N–H and O–H groups in total. The first-order valence-corrected chi connectivity index (χ1v) is 9.53. The molecule has 2 aliphatic rings. The molecule has 3 aromatic rings. The van der Waals surface area contributed by atoms with Crippen LogP contribution in [0.25, 0.3) is 5.69 Å². The van der Waals surface area contributed by atoms with Gasteiger partial charge in [-0.15, -0.1) is 0 Å². The number of benzene rings is 2. The van der Waals surface area contributed by atoms with Crippen LogP contribution in [0, 0.1) is 0 Å². The Balaban J connectivity index is 1.20. The molecule has 5 rings (SSSR count). The number of aromatic nitrogens is 2. The van der Waals surface area contributed by atoms with Crippen molar-refractivity contribution in [3.8, 4) is 17.2 Å². The minimum absolute atomic E-state index is 0.0131. The van der Waals surface area contributed by atoms with E-state index in [0.717, 1.165) is 11.4 Å².